The van der Waals surface area contributed by atoms with Crippen LogP contribution in [0.15, 0.2) is 70.8 Å². The van der Waals surface area contributed by atoms with E-state index in [1.807, 2.05) is 44.2 Å². The Morgan fingerprint density at radius 2 is 1.67 bits per heavy atom. The average molecular weight is 419 g/mol. The standard InChI is InChI=1S/C24H26N4OS/c1-17-14-18(2)16-20(15-17)27-23(29)19-8-12-28(13-9-19)22-24(26-11-10-25-22)30-21-6-4-3-5-7-21/h3-7,10-11,14-16,19H,8-9,12-13H2,1-2H3,(H,27,29). The summed E-state index contributed by atoms with van der Waals surface area (Å²) in [4.78, 5) is 25.3. The molecule has 5 nitrogen and oxygen atoms in total. The normalized spacial score (nSPS) is 14.5. The van der Waals surface area contributed by atoms with Crippen molar-refractivity contribution in [2.45, 2.75) is 36.6 Å². The maximum Gasteiger partial charge on any atom is 0.227 e. The fourth-order valence-corrected chi connectivity index (χ4v) is 4.75. The van der Waals surface area contributed by atoms with Gasteiger partial charge in [0.15, 0.2) is 5.82 Å². The Morgan fingerprint density at radius 1 is 1.00 bits per heavy atom. The van der Waals surface area contributed by atoms with E-state index in [-0.39, 0.29) is 11.8 Å². The summed E-state index contributed by atoms with van der Waals surface area (Å²) in [6, 6.07) is 16.4. The predicted molar refractivity (Wildman–Crippen MR) is 122 cm³/mol. The lowest BCUT2D eigenvalue weighted by molar-refractivity contribution is -0.120. The number of benzene rings is 2. The zero-order valence-electron chi connectivity index (χ0n) is 17.3. The minimum atomic E-state index is 0.0176. The molecular weight excluding hydrogens is 392 g/mol. The van der Waals surface area contributed by atoms with E-state index in [0.717, 1.165) is 58.5 Å². The fraction of sp³-hybridized carbons (Fsp3) is 0.292. The molecule has 1 fully saturated rings. The van der Waals surface area contributed by atoms with Gasteiger partial charge in [0.25, 0.3) is 0 Å². The number of aromatic nitrogens is 2. The first-order chi connectivity index (χ1) is 14.6. The summed E-state index contributed by atoms with van der Waals surface area (Å²) in [5, 5.41) is 4.01. The molecule has 0 atom stereocenters. The van der Waals surface area contributed by atoms with Gasteiger partial charge in [-0.2, -0.15) is 0 Å². The SMILES string of the molecule is Cc1cc(C)cc(NC(=O)C2CCN(c3nccnc3Sc3ccccc3)CC2)c1. The van der Waals surface area contributed by atoms with Crippen LogP contribution in [0.1, 0.15) is 24.0 Å². The fourth-order valence-electron chi connectivity index (χ4n) is 3.85. The third-order valence-corrected chi connectivity index (χ3v) is 6.25. The van der Waals surface area contributed by atoms with Gasteiger partial charge in [-0.15, -0.1) is 0 Å². The highest BCUT2D eigenvalue weighted by Gasteiger charge is 2.27. The van der Waals surface area contributed by atoms with Gasteiger partial charge in [0, 0.05) is 42.0 Å². The van der Waals surface area contributed by atoms with Crippen LogP contribution < -0.4 is 10.2 Å². The molecule has 0 aliphatic carbocycles. The van der Waals surface area contributed by atoms with Crippen molar-refractivity contribution in [3.05, 3.63) is 72.1 Å². The minimum Gasteiger partial charge on any atom is -0.354 e. The number of rotatable bonds is 5. The van der Waals surface area contributed by atoms with Crippen LogP contribution >= 0.6 is 11.8 Å². The third-order valence-electron chi connectivity index (χ3n) is 5.26. The Labute approximate surface area is 181 Å². The summed E-state index contributed by atoms with van der Waals surface area (Å²) in [5.41, 5.74) is 3.20. The molecule has 0 bridgehead atoms. The van der Waals surface area contributed by atoms with Crippen LogP contribution in [0.25, 0.3) is 0 Å². The molecule has 0 saturated carbocycles. The van der Waals surface area contributed by atoms with Gasteiger partial charge >= 0.3 is 0 Å². The lowest BCUT2D eigenvalue weighted by atomic mass is 9.95. The second-order valence-corrected chi connectivity index (χ2v) is 8.79. The number of aryl methyl sites for hydroxylation is 2. The first-order valence-electron chi connectivity index (χ1n) is 10.3. The van der Waals surface area contributed by atoms with E-state index in [0.29, 0.717) is 0 Å². The molecule has 4 rings (SSSR count). The Morgan fingerprint density at radius 3 is 2.37 bits per heavy atom. The van der Waals surface area contributed by atoms with Crippen LogP contribution in [-0.2, 0) is 4.79 Å². The first kappa shape index (κ1) is 20.4. The molecule has 0 spiro atoms. The highest BCUT2D eigenvalue weighted by Crippen LogP contribution is 2.34. The number of nitrogens with one attached hydrogen (secondary N) is 1. The van der Waals surface area contributed by atoms with E-state index >= 15 is 0 Å². The van der Waals surface area contributed by atoms with Gasteiger partial charge in [-0.1, -0.05) is 36.0 Å². The largest absolute Gasteiger partial charge is 0.354 e. The number of anilines is 2. The van der Waals surface area contributed by atoms with Crippen molar-refractivity contribution in [3.63, 3.8) is 0 Å². The lowest BCUT2D eigenvalue weighted by Crippen LogP contribution is -2.38. The second kappa shape index (κ2) is 9.30. The summed E-state index contributed by atoms with van der Waals surface area (Å²) in [6.45, 7) is 5.69. The van der Waals surface area contributed by atoms with Gasteiger partial charge < -0.3 is 10.2 Å². The predicted octanol–water partition coefficient (Wildman–Crippen LogP) is 5.10. The summed E-state index contributed by atoms with van der Waals surface area (Å²) in [6.07, 6.45) is 5.09. The number of hydrogen-bond donors (Lipinski definition) is 1. The molecule has 1 saturated heterocycles. The summed E-state index contributed by atoms with van der Waals surface area (Å²) >= 11 is 1.62. The molecule has 2 heterocycles. The number of carbonyl (C=O) groups is 1. The number of nitrogens with zero attached hydrogens (tertiary/aromatic N) is 3. The Bertz CT molecular complexity index is 996. The molecule has 0 unspecified atom stereocenters. The summed E-state index contributed by atoms with van der Waals surface area (Å²) in [5.74, 6) is 1.03. The van der Waals surface area contributed by atoms with E-state index in [2.05, 4.69) is 38.4 Å². The van der Waals surface area contributed by atoms with E-state index in [1.54, 1.807) is 24.2 Å². The summed E-state index contributed by atoms with van der Waals surface area (Å²) < 4.78 is 0. The molecule has 1 aliphatic heterocycles. The molecule has 154 valence electrons. The monoisotopic (exact) mass is 418 g/mol. The molecule has 2 aromatic carbocycles. The van der Waals surface area contributed by atoms with Crippen LogP contribution in [0.4, 0.5) is 11.5 Å². The minimum absolute atomic E-state index is 0.0176. The molecule has 1 aliphatic rings. The van der Waals surface area contributed by atoms with Crippen molar-refractivity contribution < 1.29 is 4.79 Å². The second-order valence-electron chi connectivity index (χ2n) is 7.73. The highest BCUT2D eigenvalue weighted by atomic mass is 32.2. The third kappa shape index (κ3) is 5.00. The van der Waals surface area contributed by atoms with Gasteiger partial charge in [0.1, 0.15) is 5.03 Å². The Balaban J connectivity index is 1.39. The summed E-state index contributed by atoms with van der Waals surface area (Å²) in [7, 11) is 0. The molecular formula is C24H26N4OS. The van der Waals surface area contributed by atoms with E-state index < -0.39 is 0 Å². The molecule has 0 radical (unpaired) electrons. The van der Waals surface area contributed by atoms with E-state index in [4.69, 9.17) is 0 Å². The zero-order chi connectivity index (χ0) is 20.9. The smallest absolute Gasteiger partial charge is 0.227 e. The van der Waals surface area contributed by atoms with Gasteiger partial charge in [-0.25, -0.2) is 9.97 Å². The average Bonchev–Trinajstić information content (AvgIpc) is 2.74. The number of amides is 1. The molecule has 3 aromatic rings. The van der Waals surface area contributed by atoms with Gasteiger partial charge in [0.2, 0.25) is 5.91 Å². The Hall–Kier alpha value is -2.86. The quantitative estimate of drug-likeness (QED) is 0.625. The molecule has 1 amide bonds. The van der Waals surface area contributed by atoms with Crippen molar-refractivity contribution in [2.75, 3.05) is 23.3 Å². The number of hydrogen-bond acceptors (Lipinski definition) is 5. The van der Waals surface area contributed by atoms with Crippen LogP contribution in [0.5, 0.6) is 0 Å². The van der Waals surface area contributed by atoms with Crippen molar-refractivity contribution in [2.24, 2.45) is 5.92 Å². The number of piperidine rings is 1. The van der Waals surface area contributed by atoms with Gasteiger partial charge in [-0.05, 0) is 62.1 Å². The van der Waals surface area contributed by atoms with Gasteiger partial charge in [0.05, 0.1) is 0 Å². The topological polar surface area (TPSA) is 58.1 Å². The van der Waals surface area contributed by atoms with E-state index in [9.17, 15) is 4.79 Å². The Kier molecular flexibility index (Phi) is 6.33. The van der Waals surface area contributed by atoms with E-state index in [1.165, 1.54) is 0 Å². The molecule has 6 heteroatoms. The maximum absolute atomic E-state index is 12.8. The van der Waals surface area contributed by atoms with Crippen molar-refractivity contribution >= 4 is 29.2 Å². The zero-order valence-corrected chi connectivity index (χ0v) is 18.2. The number of carbonyl (C=O) groups excluding carboxylic acids is 1. The van der Waals surface area contributed by atoms with Crippen LogP contribution in [0, 0.1) is 19.8 Å². The van der Waals surface area contributed by atoms with Crippen molar-refractivity contribution in [1.82, 2.24) is 9.97 Å². The van der Waals surface area contributed by atoms with Crippen LogP contribution in [0.3, 0.4) is 0 Å². The van der Waals surface area contributed by atoms with Crippen LogP contribution in [-0.4, -0.2) is 29.0 Å². The molecule has 1 N–H and O–H groups in total. The maximum atomic E-state index is 12.8. The highest BCUT2D eigenvalue weighted by molar-refractivity contribution is 7.99. The molecule has 1 aromatic heterocycles. The van der Waals surface area contributed by atoms with Crippen molar-refractivity contribution in [1.29, 1.82) is 0 Å². The lowest BCUT2D eigenvalue weighted by Gasteiger charge is -2.32. The van der Waals surface area contributed by atoms with Gasteiger partial charge in [-0.3, -0.25) is 4.79 Å². The van der Waals surface area contributed by atoms with Crippen LogP contribution in [0.2, 0.25) is 0 Å². The van der Waals surface area contributed by atoms with Crippen molar-refractivity contribution in [3.8, 4) is 0 Å². The molecule has 30 heavy (non-hydrogen) atoms. The first-order valence-corrected chi connectivity index (χ1v) is 11.1.